The highest BCUT2D eigenvalue weighted by atomic mass is 35.5. The number of nitrogens with zero attached hydrogens (tertiary/aromatic N) is 1. The van der Waals surface area contributed by atoms with Crippen LogP contribution in [0.15, 0.2) is 47.6 Å². The summed E-state index contributed by atoms with van der Waals surface area (Å²) < 4.78 is 12.7. The van der Waals surface area contributed by atoms with E-state index in [-0.39, 0.29) is 10.9 Å². The summed E-state index contributed by atoms with van der Waals surface area (Å²) in [6.07, 6.45) is 1.52. The summed E-state index contributed by atoms with van der Waals surface area (Å²) in [6, 6.07) is 10.9. The molecule has 0 fully saturated rings. The second-order valence-electron chi connectivity index (χ2n) is 4.00. The fraction of sp³-hybridized carbons (Fsp3) is 0. The Kier molecular flexibility index (Phi) is 5.50. The van der Waals surface area contributed by atoms with Gasteiger partial charge in [-0.1, -0.05) is 35.3 Å². The van der Waals surface area contributed by atoms with Gasteiger partial charge in [-0.25, -0.2) is 4.39 Å². The van der Waals surface area contributed by atoms with Crippen molar-refractivity contribution < 1.29 is 4.39 Å². The molecule has 0 heterocycles. The van der Waals surface area contributed by atoms with Crippen molar-refractivity contribution >= 4 is 52.4 Å². The lowest BCUT2D eigenvalue weighted by Gasteiger charge is -2.08. The standard InChI is InChI=1S/C14H10Cl2FN3S/c15-10-3-6-13(12(16)7-10)19-14(21)20-18-8-9-1-4-11(17)5-2-9/h1-8H,(H2,19,20,21)/b18-8-. The molecule has 0 saturated heterocycles. The minimum atomic E-state index is -0.297. The third-order valence-electron chi connectivity index (χ3n) is 2.43. The van der Waals surface area contributed by atoms with Crippen molar-refractivity contribution in [2.75, 3.05) is 5.32 Å². The molecular formula is C14H10Cl2FN3S. The van der Waals surface area contributed by atoms with E-state index in [4.69, 9.17) is 35.4 Å². The van der Waals surface area contributed by atoms with Gasteiger partial charge in [-0.2, -0.15) is 5.10 Å². The molecule has 0 spiro atoms. The molecule has 2 aromatic carbocycles. The molecule has 3 nitrogen and oxygen atoms in total. The van der Waals surface area contributed by atoms with E-state index >= 15 is 0 Å². The second-order valence-corrected chi connectivity index (χ2v) is 5.25. The normalized spacial score (nSPS) is 10.6. The monoisotopic (exact) mass is 341 g/mol. The summed E-state index contributed by atoms with van der Waals surface area (Å²) in [5, 5.41) is 8.10. The Bertz CT molecular complexity index is 674. The maximum atomic E-state index is 12.7. The van der Waals surface area contributed by atoms with Gasteiger partial charge < -0.3 is 5.32 Å². The minimum absolute atomic E-state index is 0.276. The highest BCUT2D eigenvalue weighted by Crippen LogP contribution is 2.25. The van der Waals surface area contributed by atoms with Crippen molar-refractivity contribution in [3.8, 4) is 0 Å². The number of hydrogen-bond donors (Lipinski definition) is 2. The zero-order chi connectivity index (χ0) is 15.2. The first-order chi connectivity index (χ1) is 10.0. The van der Waals surface area contributed by atoms with E-state index < -0.39 is 0 Å². The van der Waals surface area contributed by atoms with Gasteiger partial charge in [0.2, 0.25) is 0 Å². The van der Waals surface area contributed by atoms with E-state index in [0.29, 0.717) is 15.7 Å². The van der Waals surface area contributed by atoms with Gasteiger partial charge in [-0.3, -0.25) is 5.43 Å². The molecule has 0 aliphatic heterocycles. The third-order valence-corrected chi connectivity index (χ3v) is 3.17. The van der Waals surface area contributed by atoms with Crippen LogP contribution < -0.4 is 10.7 Å². The molecule has 2 rings (SSSR count). The quantitative estimate of drug-likeness (QED) is 0.491. The van der Waals surface area contributed by atoms with Gasteiger partial charge in [-0.05, 0) is 48.1 Å². The van der Waals surface area contributed by atoms with Gasteiger partial charge >= 0.3 is 0 Å². The van der Waals surface area contributed by atoms with Gasteiger partial charge in [0.15, 0.2) is 5.11 Å². The lowest BCUT2D eigenvalue weighted by atomic mass is 10.2. The predicted molar refractivity (Wildman–Crippen MR) is 89.8 cm³/mol. The van der Waals surface area contributed by atoms with Gasteiger partial charge in [0.05, 0.1) is 16.9 Å². The molecule has 0 amide bonds. The Morgan fingerprint density at radius 1 is 1.14 bits per heavy atom. The minimum Gasteiger partial charge on any atom is -0.330 e. The Morgan fingerprint density at radius 2 is 1.86 bits per heavy atom. The van der Waals surface area contributed by atoms with E-state index in [1.807, 2.05) is 0 Å². The number of thiocarbonyl (C=S) groups is 1. The van der Waals surface area contributed by atoms with Crippen molar-refractivity contribution in [3.05, 3.63) is 63.9 Å². The molecule has 2 N–H and O–H groups in total. The van der Waals surface area contributed by atoms with Crippen molar-refractivity contribution in [1.29, 1.82) is 0 Å². The van der Waals surface area contributed by atoms with Gasteiger partial charge in [0.1, 0.15) is 5.82 Å². The zero-order valence-electron chi connectivity index (χ0n) is 10.6. The van der Waals surface area contributed by atoms with E-state index in [9.17, 15) is 4.39 Å². The Labute approximate surface area is 136 Å². The summed E-state index contributed by atoms with van der Waals surface area (Å²) in [7, 11) is 0. The fourth-order valence-electron chi connectivity index (χ4n) is 1.46. The van der Waals surface area contributed by atoms with Crippen LogP contribution in [-0.4, -0.2) is 11.3 Å². The zero-order valence-corrected chi connectivity index (χ0v) is 12.9. The molecule has 108 valence electrons. The number of rotatable bonds is 3. The summed E-state index contributed by atoms with van der Waals surface area (Å²) in [5.74, 6) is -0.297. The molecule has 0 radical (unpaired) electrons. The van der Waals surface area contributed by atoms with Crippen LogP contribution in [0.4, 0.5) is 10.1 Å². The van der Waals surface area contributed by atoms with Gasteiger partial charge in [0, 0.05) is 5.02 Å². The predicted octanol–water partition coefficient (Wildman–Crippen LogP) is 4.45. The van der Waals surface area contributed by atoms with E-state index in [1.165, 1.54) is 18.3 Å². The number of hydrazone groups is 1. The number of nitrogens with one attached hydrogen (secondary N) is 2. The lowest BCUT2D eigenvalue weighted by molar-refractivity contribution is 0.628. The van der Waals surface area contributed by atoms with Crippen molar-refractivity contribution in [2.24, 2.45) is 5.10 Å². The number of anilines is 1. The van der Waals surface area contributed by atoms with E-state index in [0.717, 1.165) is 5.56 Å². The van der Waals surface area contributed by atoms with Crippen molar-refractivity contribution in [1.82, 2.24) is 5.43 Å². The molecule has 21 heavy (non-hydrogen) atoms. The first-order valence-corrected chi connectivity index (χ1v) is 7.02. The highest BCUT2D eigenvalue weighted by molar-refractivity contribution is 7.80. The summed E-state index contributed by atoms with van der Waals surface area (Å²) >= 11 is 16.9. The molecule has 0 unspecified atom stereocenters. The van der Waals surface area contributed by atoms with Crippen LogP contribution in [0, 0.1) is 5.82 Å². The maximum absolute atomic E-state index is 12.7. The maximum Gasteiger partial charge on any atom is 0.191 e. The average molecular weight is 342 g/mol. The highest BCUT2D eigenvalue weighted by Gasteiger charge is 2.02. The fourth-order valence-corrected chi connectivity index (χ4v) is 2.07. The molecule has 0 aromatic heterocycles. The largest absolute Gasteiger partial charge is 0.330 e. The molecular weight excluding hydrogens is 332 g/mol. The summed E-state index contributed by atoms with van der Waals surface area (Å²) in [5.41, 5.74) is 4.01. The molecule has 0 aliphatic carbocycles. The Balaban J connectivity index is 1.91. The molecule has 7 heteroatoms. The van der Waals surface area contributed by atoms with Crippen molar-refractivity contribution in [3.63, 3.8) is 0 Å². The molecule has 0 bridgehead atoms. The van der Waals surface area contributed by atoms with Gasteiger partial charge in [-0.15, -0.1) is 0 Å². The SMILES string of the molecule is Fc1ccc(/C=N\NC(=S)Nc2ccc(Cl)cc2Cl)cc1. The van der Waals surface area contributed by atoms with Crippen LogP contribution in [0.5, 0.6) is 0 Å². The molecule has 0 atom stereocenters. The molecule has 0 aliphatic rings. The number of hydrogen-bond acceptors (Lipinski definition) is 2. The van der Waals surface area contributed by atoms with E-state index in [2.05, 4.69) is 15.8 Å². The number of benzene rings is 2. The first-order valence-electron chi connectivity index (χ1n) is 5.85. The van der Waals surface area contributed by atoms with Crippen LogP contribution in [0.2, 0.25) is 10.0 Å². The average Bonchev–Trinajstić information content (AvgIpc) is 2.44. The second kappa shape index (κ2) is 7.36. The molecule has 2 aromatic rings. The smallest absolute Gasteiger partial charge is 0.191 e. The van der Waals surface area contributed by atoms with Crippen molar-refractivity contribution in [2.45, 2.75) is 0 Å². The Morgan fingerprint density at radius 3 is 2.52 bits per heavy atom. The van der Waals surface area contributed by atoms with E-state index in [1.54, 1.807) is 30.3 Å². The van der Waals surface area contributed by atoms with Crippen LogP contribution in [0.3, 0.4) is 0 Å². The number of halogens is 3. The van der Waals surface area contributed by atoms with Crippen LogP contribution in [0.1, 0.15) is 5.56 Å². The summed E-state index contributed by atoms with van der Waals surface area (Å²) in [6.45, 7) is 0. The van der Waals surface area contributed by atoms with Gasteiger partial charge in [0.25, 0.3) is 0 Å². The van der Waals surface area contributed by atoms with Crippen LogP contribution in [-0.2, 0) is 0 Å². The lowest BCUT2D eigenvalue weighted by Crippen LogP contribution is -2.24. The third kappa shape index (κ3) is 4.97. The summed E-state index contributed by atoms with van der Waals surface area (Å²) in [4.78, 5) is 0. The molecule has 0 saturated carbocycles. The Hall–Kier alpha value is -1.69. The topological polar surface area (TPSA) is 36.4 Å². The first kappa shape index (κ1) is 15.7. The van der Waals surface area contributed by atoms with Crippen LogP contribution in [0.25, 0.3) is 0 Å². The van der Waals surface area contributed by atoms with Crippen LogP contribution >= 0.6 is 35.4 Å².